The monoisotopic (exact) mass is 324 g/mol. The normalized spacial score (nSPS) is 19.7. The Morgan fingerprint density at radius 1 is 1.17 bits per heavy atom. The molecule has 5 nitrogen and oxygen atoms in total. The number of hydrogen-bond donors (Lipinski definition) is 1. The van der Waals surface area contributed by atoms with Gasteiger partial charge in [0.25, 0.3) is 0 Å². The second-order valence-corrected chi connectivity index (χ2v) is 6.45. The van der Waals surface area contributed by atoms with Crippen LogP contribution in [0.25, 0.3) is 0 Å². The molecule has 1 aliphatic heterocycles. The molecule has 24 heavy (non-hydrogen) atoms. The van der Waals surface area contributed by atoms with Gasteiger partial charge < -0.3 is 14.6 Å². The number of amides is 2. The van der Waals surface area contributed by atoms with E-state index in [9.17, 15) is 9.59 Å². The summed E-state index contributed by atoms with van der Waals surface area (Å²) in [6, 6.07) is 11.0. The molecule has 1 saturated carbocycles. The average Bonchev–Trinajstić information content (AvgIpc) is 3.34. The van der Waals surface area contributed by atoms with Crippen LogP contribution < -0.4 is 5.32 Å². The Labute approximate surface area is 140 Å². The van der Waals surface area contributed by atoms with Gasteiger partial charge in [-0.15, -0.1) is 0 Å². The van der Waals surface area contributed by atoms with E-state index in [1.807, 2.05) is 30.3 Å². The van der Waals surface area contributed by atoms with Crippen molar-refractivity contribution in [3.05, 3.63) is 59.5 Å². The Morgan fingerprint density at radius 2 is 2.00 bits per heavy atom. The summed E-state index contributed by atoms with van der Waals surface area (Å²) in [5, 5.41) is 2.91. The van der Waals surface area contributed by atoms with Crippen LogP contribution >= 0.6 is 0 Å². The third kappa shape index (κ3) is 2.82. The van der Waals surface area contributed by atoms with E-state index in [-0.39, 0.29) is 17.7 Å². The van der Waals surface area contributed by atoms with E-state index >= 15 is 0 Å². The summed E-state index contributed by atoms with van der Waals surface area (Å²) in [7, 11) is 0. The fourth-order valence-electron chi connectivity index (χ4n) is 3.34. The van der Waals surface area contributed by atoms with Crippen LogP contribution in [0.3, 0.4) is 0 Å². The van der Waals surface area contributed by atoms with Gasteiger partial charge in [0.05, 0.1) is 12.8 Å². The second-order valence-electron chi connectivity index (χ2n) is 6.45. The molecule has 1 aliphatic carbocycles. The first-order valence-electron chi connectivity index (χ1n) is 8.42. The van der Waals surface area contributed by atoms with E-state index in [0.29, 0.717) is 18.8 Å². The van der Waals surface area contributed by atoms with Crippen molar-refractivity contribution in [3.8, 4) is 0 Å². The number of hydrogen-bond acceptors (Lipinski definition) is 3. The lowest BCUT2D eigenvalue weighted by Crippen LogP contribution is -2.47. The molecule has 4 rings (SSSR count). The highest BCUT2D eigenvalue weighted by Crippen LogP contribution is 2.37. The first kappa shape index (κ1) is 15.0. The van der Waals surface area contributed by atoms with Crippen molar-refractivity contribution in [2.75, 3.05) is 6.54 Å². The van der Waals surface area contributed by atoms with Gasteiger partial charge in [-0.25, -0.2) is 0 Å². The minimum Gasteiger partial charge on any atom is -0.467 e. The third-order valence-corrected chi connectivity index (χ3v) is 4.76. The summed E-state index contributed by atoms with van der Waals surface area (Å²) < 4.78 is 5.27. The molecule has 1 fully saturated rings. The van der Waals surface area contributed by atoms with Crippen LogP contribution in [-0.4, -0.2) is 23.3 Å². The van der Waals surface area contributed by atoms with E-state index in [1.165, 1.54) is 0 Å². The van der Waals surface area contributed by atoms with Crippen LogP contribution in [0.5, 0.6) is 0 Å². The number of carbonyl (C=O) groups is 2. The number of benzene rings is 1. The largest absolute Gasteiger partial charge is 0.467 e. The minimum atomic E-state index is -0.544. The Morgan fingerprint density at radius 3 is 2.75 bits per heavy atom. The van der Waals surface area contributed by atoms with Gasteiger partial charge in [0.15, 0.2) is 0 Å². The number of furan rings is 1. The van der Waals surface area contributed by atoms with Gasteiger partial charge in [0, 0.05) is 12.5 Å². The second kappa shape index (κ2) is 6.15. The molecule has 1 aromatic carbocycles. The van der Waals surface area contributed by atoms with E-state index in [2.05, 4.69) is 5.32 Å². The van der Waals surface area contributed by atoms with Crippen LogP contribution in [0.1, 0.15) is 35.8 Å². The van der Waals surface area contributed by atoms with Crippen molar-refractivity contribution < 1.29 is 14.0 Å². The number of rotatable bonds is 4. The van der Waals surface area contributed by atoms with E-state index < -0.39 is 6.04 Å². The number of nitrogens with one attached hydrogen (secondary N) is 1. The van der Waals surface area contributed by atoms with Crippen LogP contribution in [0.4, 0.5) is 0 Å². The van der Waals surface area contributed by atoms with Gasteiger partial charge in [-0.2, -0.15) is 0 Å². The van der Waals surface area contributed by atoms with E-state index in [1.54, 1.807) is 17.2 Å². The number of carbonyl (C=O) groups excluding carboxylic acids is 2. The van der Waals surface area contributed by atoms with Crippen molar-refractivity contribution in [3.63, 3.8) is 0 Å². The maximum atomic E-state index is 12.9. The van der Waals surface area contributed by atoms with E-state index in [0.717, 1.165) is 30.4 Å². The zero-order chi connectivity index (χ0) is 16.5. The lowest BCUT2D eigenvalue weighted by atomic mass is 9.91. The maximum absolute atomic E-state index is 12.9. The van der Waals surface area contributed by atoms with Crippen LogP contribution in [-0.2, 0) is 22.6 Å². The Bertz CT molecular complexity index is 750. The molecule has 0 radical (unpaired) electrons. The van der Waals surface area contributed by atoms with Crippen molar-refractivity contribution in [2.45, 2.75) is 31.8 Å². The molecular formula is C19H20N2O3. The summed E-state index contributed by atoms with van der Waals surface area (Å²) >= 11 is 0. The molecular weight excluding hydrogens is 304 g/mol. The lowest BCUT2D eigenvalue weighted by molar-refractivity contribution is -0.142. The summed E-state index contributed by atoms with van der Waals surface area (Å²) in [6.45, 7) is 0.932. The summed E-state index contributed by atoms with van der Waals surface area (Å²) in [6.07, 6.45) is 4.27. The molecule has 2 aliphatic rings. The molecule has 124 valence electrons. The molecule has 1 N–H and O–H groups in total. The molecule has 2 aromatic rings. The van der Waals surface area contributed by atoms with Crippen LogP contribution in [0.2, 0.25) is 0 Å². The van der Waals surface area contributed by atoms with Crippen molar-refractivity contribution in [1.29, 1.82) is 0 Å². The van der Waals surface area contributed by atoms with Crippen LogP contribution in [0, 0.1) is 5.92 Å². The number of nitrogens with zero attached hydrogens (tertiary/aromatic N) is 1. The fourth-order valence-corrected chi connectivity index (χ4v) is 3.34. The molecule has 0 unspecified atom stereocenters. The number of fused-ring (bicyclic) bond motifs is 1. The summed E-state index contributed by atoms with van der Waals surface area (Å²) in [4.78, 5) is 27.3. The highest BCUT2D eigenvalue weighted by molar-refractivity contribution is 5.91. The molecule has 1 atom stereocenters. The smallest absolute Gasteiger partial charge is 0.247 e. The predicted molar refractivity (Wildman–Crippen MR) is 87.9 cm³/mol. The van der Waals surface area contributed by atoms with Crippen molar-refractivity contribution in [1.82, 2.24) is 10.2 Å². The van der Waals surface area contributed by atoms with Gasteiger partial charge in [-0.05, 0) is 42.5 Å². The third-order valence-electron chi connectivity index (χ3n) is 4.76. The van der Waals surface area contributed by atoms with Gasteiger partial charge in [-0.1, -0.05) is 24.3 Å². The fraction of sp³-hybridized carbons (Fsp3) is 0.368. The van der Waals surface area contributed by atoms with Crippen molar-refractivity contribution in [2.24, 2.45) is 5.92 Å². The SMILES string of the molecule is O=C(NCc1ccco1)[C@H]1c2ccccc2CCN1C(=O)C1CC1. The van der Waals surface area contributed by atoms with Gasteiger partial charge in [-0.3, -0.25) is 9.59 Å². The van der Waals surface area contributed by atoms with Gasteiger partial charge in [0.1, 0.15) is 11.8 Å². The Balaban J connectivity index is 1.59. The first-order valence-corrected chi connectivity index (χ1v) is 8.42. The summed E-state index contributed by atoms with van der Waals surface area (Å²) in [5.41, 5.74) is 2.09. The maximum Gasteiger partial charge on any atom is 0.247 e. The van der Waals surface area contributed by atoms with Crippen molar-refractivity contribution >= 4 is 11.8 Å². The Kier molecular flexibility index (Phi) is 3.84. The topological polar surface area (TPSA) is 62.6 Å². The molecule has 2 heterocycles. The minimum absolute atomic E-state index is 0.107. The molecule has 1 aromatic heterocycles. The lowest BCUT2D eigenvalue weighted by Gasteiger charge is -2.36. The van der Waals surface area contributed by atoms with E-state index in [4.69, 9.17) is 4.42 Å². The highest BCUT2D eigenvalue weighted by Gasteiger charge is 2.41. The summed E-state index contributed by atoms with van der Waals surface area (Å²) in [5.74, 6) is 0.776. The Hall–Kier alpha value is -2.56. The molecule has 5 heteroatoms. The van der Waals surface area contributed by atoms with Gasteiger partial charge in [0.2, 0.25) is 11.8 Å². The predicted octanol–water partition coefficient (Wildman–Crippen LogP) is 2.43. The quantitative estimate of drug-likeness (QED) is 0.939. The first-order chi connectivity index (χ1) is 11.7. The molecule has 0 spiro atoms. The zero-order valence-corrected chi connectivity index (χ0v) is 13.4. The zero-order valence-electron chi connectivity index (χ0n) is 13.4. The average molecular weight is 324 g/mol. The van der Waals surface area contributed by atoms with Gasteiger partial charge >= 0.3 is 0 Å². The molecule has 2 amide bonds. The molecule has 0 saturated heterocycles. The molecule has 0 bridgehead atoms. The highest BCUT2D eigenvalue weighted by atomic mass is 16.3. The van der Waals surface area contributed by atoms with Crippen LogP contribution in [0.15, 0.2) is 47.1 Å². The standard InChI is InChI=1S/C19H20N2O3/c22-18(20-12-15-5-3-11-24-15)17-16-6-2-1-4-13(16)9-10-21(17)19(23)14-7-8-14/h1-6,11,14,17H,7-10,12H2,(H,20,22)/t17-/m1/s1.